The highest BCUT2D eigenvalue weighted by molar-refractivity contribution is 7.89. The Balaban J connectivity index is 1.80. The van der Waals surface area contributed by atoms with Gasteiger partial charge in [-0.15, -0.1) is 0 Å². The molecule has 0 aliphatic carbocycles. The maximum Gasteiger partial charge on any atom is 0.251 e. The van der Waals surface area contributed by atoms with Crippen LogP contribution in [-0.2, 0) is 14.8 Å². The average Bonchev–Trinajstić information content (AvgIpc) is 3.19. The molecule has 7 nitrogen and oxygen atoms in total. The van der Waals surface area contributed by atoms with Gasteiger partial charge < -0.3 is 10.6 Å². The Kier molecular flexibility index (Phi) is 6.02. The minimum absolute atomic E-state index is 0.0956. The summed E-state index contributed by atoms with van der Waals surface area (Å²) in [6, 6.07) is 11.5. The minimum Gasteiger partial charge on any atom is -0.355 e. The lowest BCUT2D eigenvalue weighted by Gasteiger charge is -2.23. The lowest BCUT2D eigenvalue weighted by atomic mass is 10.1. The number of nitrogens with one attached hydrogen (secondary N) is 2. The third-order valence-electron chi connectivity index (χ3n) is 4.55. The minimum atomic E-state index is -3.82. The van der Waals surface area contributed by atoms with Gasteiger partial charge in [0.1, 0.15) is 6.04 Å². The first-order valence-electron chi connectivity index (χ1n) is 8.73. The monoisotopic (exact) mass is 421 g/mol. The fraction of sp³-hybridized carbons (Fsp3) is 0.263. The Hall–Kier alpha value is -2.42. The largest absolute Gasteiger partial charge is 0.355 e. The second kappa shape index (κ2) is 8.30. The fourth-order valence-electron chi connectivity index (χ4n) is 3.14. The van der Waals surface area contributed by atoms with Crippen LogP contribution in [0.2, 0.25) is 5.02 Å². The molecule has 1 saturated heterocycles. The molecule has 1 aliphatic heterocycles. The van der Waals surface area contributed by atoms with Crippen molar-refractivity contribution < 1.29 is 18.0 Å². The molecule has 0 radical (unpaired) electrons. The molecule has 2 N–H and O–H groups in total. The molecule has 28 heavy (non-hydrogen) atoms. The first-order chi connectivity index (χ1) is 13.3. The van der Waals surface area contributed by atoms with Gasteiger partial charge in [0, 0.05) is 29.9 Å². The van der Waals surface area contributed by atoms with E-state index in [0.29, 0.717) is 29.1 Å². The number of benzene rings is 2. The van der Waals surface area contributed by atoms with Crippen LogP contribution >= 0.6 is 11.6 Å². The van der Waals surface area contributed by atoms with E-state index >= 15 is 0 Å². The van der Waals surface area contributed by atoms with Crippen LogP contribution in [0.25, 0.3) is 0 Å². The number of hydrogen-bond donors (Lipinski definition) is 2. The van der Waals surface area contributed by atoms with Crippen LogP contribution in [0.3, 0.4) is 0 Å². The molecule has 3 rings (SSSR count). The molecule has 0 saturated carbocycles. The zero-order valence-corrected chi connectivity index (χ0v) is 16.8. The Morgan fingerprint density at radius 3 is 2.54 bits per heavy atom. The van der Waals surface area contributed by atoms with Crippen LogP contribution in [-0.4, -0.2) is 44.2 Å². The van der Waals surface area contributed by atoms with Gasteiger partial charge in [-0.3, -0.25) is 9.59 Å². The highest BCUT2D eigenvalue weighted by Gasteiger charge is 2.39. The molecule has 0 bridgehead atoms. The standard InChI is InChI=1S/C19H20ClN3O4S/c1-21-18(24)13-4-2-5-15(12-13)22-19(25)17-6-3-11-23(17)28(26,27)16-9-7-14(20)8-10-16/h2,4-5,7-10,12,17H,3,6,11H2,1H3,(H,21,24)(H,22,25). The molecule has 2 aromatic rings. The number of carbonyl (C=O) groups is 2. The van der Waals surface area contributed by atoms with Gasteiger partial charge in [0.05, 0.1) is 4.90 Å². The molecule has 1 atom stereocenters. The number of nitrogens with zero attached hydrogens (tertiary/aromatic N) is 1. The van der Waals surface area contributed by atoms with Crippen molar-refractivity contribution in [2.24, 2.45) is 0 Å². The second-order valence-electron chi connectivity index (χ2n) is 6.38. The average molecular weight is 422 g/mol. The van der Waals surface area contributed by atoms with Gasteiger partial charge in [0.25, 0.3) is 5.91 Å². The van der Waals surface area contributed by atoms with Crippen molar-refractivity contribution in [1.82, 2.24) is 9.62 Å². The van der Waals surface area contributed by atoms with E-state index in [9.17, 15) is 18.0 Å². The summed E-state index contributed by atoms with van der Waals surface area (Å²) in [6.45, 7) is 0.265. The molecule has 148 valence electrons. The van der Waals surface area contributed by atoms with Crippen molar-refractivity contribution in [1.29, 1.82) is 0 Å². The van der Waals surface area contributed by atoms with Gasteiger partial charge in [-0.1, -0.05) is 17.7 Å². The SMILES string of the molecule is CNC(=O)c1cccc(NC(=O)C2CCCN2S(=O)(=O)c2ccc(Cl)cc2)c1. The predicted molar refractivity (Wildman–Crippen MR) is 107 cm³/mol. The quantitative estimate of drug-likeness (QED) is 0.775. The maximum atomic E-state index is 12.9. The van der Waals surface area contributed by atoms with Crippen molar-refractivity contribution in [3.63, 3.8) is 0 Å². The highest BCUT2D eigenvalue weighted by atomic mass is 35.5. The first-order valence-corrected chi connectivity index (χ1v) is 10.5. The van der Waals surface area contributed by atoms with E-state index in [1.54, 1.807) is 24.3 Å². The lowest BCUT2D eigenvalue weighted by molar-refractivity contribution is -0.119. The smallest absolute Gasteiger partial charge is 0.251 e. The van der Waals surface area contributed by atoms with Crippen molar-refractivity contribution in [2.75, 3.05) is 18.9 Å². The maximum absolute atomic E-state index is 12.9. The van der Waals surface area contributed by atoms with Gasteiger partial charge in [-0.05, 0) is 55.3 Å². The predicted octanol–water partition coefficient (Wildman–Crippen LogP) is 2.49. The molecular formula is C19H20ClN3O4S. The van der Waals surface area contributed by atoms with Crippen LogP contribution in [0.15, 0.2) is 53.4 Å². The molecule has 1 unspecified atom stereocenters. The zero-order chi connectivity index (χ0) is 20.3. The molecule has 1 aliphatic rings. The molecular weight excluding hydrogens is 402 g/mol. The summed E-state index contributed by atoms with van der Waals surface area (Å²) in [5.41, 5.74) is 0.833. The fourth-order valence-corrected chi connectivity index (χ4v) is 4.92. The van der Waals surface area contributed by atoms with Crippen LogP contribution in [0.4, 0.5) is 5.69 Å². The van der Waals surface area contributed by atoms with Gasteiger partial charge in [0.2, 0.25) is 15.9 Å². The van der Waals surface area contributed by atoms with Gasteiger partial charge in [-0.25, -0.2) is 8.42 Å². The van der Waals surface area contributed by atoms with E-state index in [-0.39, 0.29) is 17.3 Å². The second-order valence-corrected chi connectivity index (χ2v) is 8.70. The molecule has 0 aromatic heterocycles. The van der Waals surface area contributed by atoms with Crippen LogP contribution in [0.5, 0.6) is 0 Å². The van der Waals surface area contributed by atoms with Gasteiger partial charge >= 0.3 is 0 Å². The Labute approximate surface area is 168 Å². The summed E-state index contributed by atoms with van der Waals surface area (Å²) in [7, 11) is -2.30. The van der Waals surface area contributed by atoms with E-state index in [2.05, 4.69) is 10.6 Å². The summed E-state index contributed by atoms with van der Waals surface area (Å²) in [5.74, 6) is -0.701. The first kappa shape index (κ1) is 20.3. The Morgan fingerprint density at radius 2 is 1.86 bits per heavy atom. The van der Waals surface area contributed by atoms with E-state index in [4.69, 9.17) is 11.6 Å². The summed E-state index contributed by atoms with van der Waals surface area (Å²) in [5, 5.41) is 5.67. The number of rotatable bonds is 5. The number of halogens is 1. The highest BCUT2D eigenvalue weighted by Crippen LogP contribution is 2.27. The topological polar surface area (TPSA) is 95.6 Å². The number of carbonyl (C=O) groups excluding carboxylic acids is 2. The Bertz CT molecular complexity index is 992. The summed E-state index contributed by atoms with van der Waals surface area (Å²) in [4.78, 5) is 24.6. The zero-order valence-electron chi connectivity index (χ0n) is 15.2. The van der Waals surface area contributed by atoms with E-state index in [1.165, 1.54) is 35.6 Å². The van der Waals surface area contributed by atoms with Crippen LogP contribution in [0.1, 0.15) is 23.2 Å². The van der Waals surface area contributed by atoms with Crippen LogP contribution < -0.4 is 10.6 Å². The molecule has 9 heteroatoms. The number of hydrogen-bond acceptors (Lipinski definition) is 4. The summed E-state index contributed by atoms with van der Waals surface area (Å²) < 4.78 is 27.1. The Morgan fingerprint density at radius 1 is 1.14 bits per heavy atom. The van der Waals surface area contributed by atoms with Gasteiger partial charge in [-0.2, -0.15) is 4.31 Å². The van der Waals surface area contributed by atoms with Crippen molar-refractivity contribution in [3.05, 3.63) is 59.1 Å². The summed E-state index contributed by atoms with van der Waals surface area (Å²) >= 11 is 5.84. The number of amides is 2. The molecule has 2 amide bonds. The van der Waals surface area contributed by atoms with Crippen molar-refractivity contribution in [2.45, 2.75) is 23.8 Å². The third-order valence-corrected chi connectivity index (χ3v) is 6.72. The number of sulfonamides is 1. The number of anilines is 1. The molecule has 1 fully saturated rings. The molecule has 2 aromatic carbocycles. The van der Waals surface area contributed by atoms with E-state index < -0.39 is 22.0 Å². The van der Waals surface area contributed by atoms with Crippen molar-refractivity contribution >= 4 is 39.1 Å². The summed E-state index contributed by atoms with van der Waals surface area (Å²) in [6.07, 6.45) is 1.01. The van der Waals surface area contributed by atoms with Crippen molar-refractivity contribution in [3.8, 4) is 0 Å². The molecule has 0 spiro atoms. The third kappa shape index (κ3) is 4.19. The van der Waals surface area contributed by atoms with Crippen LogP contribution in [0, 0.1) is 0 Å². The lowest BCUT2D eigenvalue weighted by Crippen LogP contribution is -2.43. The molecule has 1 heterocycles. The van der Waals surface area contributed by atoms with E-state index in [0.717, 1.165) is 0 Å². The normalized spacial score (nSPS) is 17.3. The van der Waals surface area contributed by atoms with E-state index in [1.807, 2.05) is 0 Å². The van der Waals surface area contributed by atoms with Gasteiger partial charge in [0.15, 0.2) is 0 Å².